The van der Waals surface area contributed by atoms with Gasteiger partial charge in [-0.2, -0.15) is 0 Å². The van der Waals surface area contributed by atoms with E-state index in [1.54, 1.807) is 35.2 Å². The van der Waals surface area contributed by atoms with Crippen LogP contribution in [0.15, 0.2) is 47.3 Å². The third kappa shape index (κ3) is 3.87. The van der Waals surface area contributed by atoms with Crippen molar-refractivity contribution >= 4 is 34.6 Å². The lowest BCUT2D eigenvalue weighted by atomic mass is 10.3. The first-order chi connectivity index (χ1) is 11.6. The van der Waals surface area contributed by atoms with Crippen molar-refractivity contribution in [2.45, 2.75) is 13.5 Å². The van der Waals surface area contributed by atoms with Gasteiger partial charge in [-0.25, -0.2) is 9.59 Å². The third-order valence-corrected chi connectivity index (χ3v) is 4.81. The van der Waals surface area contributed by atoms with Crippen molar-refractivity contribution in [2.75, 3.05) is 0 Å². The van der Waals surface area contributed by atoms with E-state index in [1.165, 1.54) is 22.7 Å². The summed E-state index contributed by atoms with van der Waals surface area (Å²) in [7, 11) is 0. The lowest BCUT2D eigenvalue weighted by Crippen LogP contribution is -2.10. The fourth-order valence-corrected chi connectivity index (χ4v) is 3.18. The first-order valence-corrected chi connectivity index (χ1v) is 8.81. The van der Waals surface area contributed by atoms with Crippen molar-refractivity contribution in [3.05, 3.63) is 68.3 Å². The first kappa shape index (κ1) is 16.4. The predicted octanol–water partition coefficient (Wildman–Crippen LogP) is 4.09. The van der Waals surface area contributed by atoms with Crippen LogP contribution in [-0.4, -0.2) is 16.9 Å². The molecule has 0 aliphatic rings. The standard InChI is InChI=1S/C17H13NO4S2/c1-11-4-5-12(9-18-11)10-21-17(20)15-13(6-8-24-15)22-16(19)14-3-2-7-23-14/h2-9H,10H2,1H3. The molecule has 0 aliphatic heterocycles. The second kappa shape index (κ2) is 7.37. The molecule has 7 heteroatoms. The first-order valence-electron chi connectivity index (χ1n) is 7.05. The van der Waals surface area contributed by atoms with E-state index >= 15 is 0 Å². The molecule has 3 aromatic rings. The largest absolute Gasteiger partial charge is 0.456 e. The van der Waals surface area contributed by atoms with Gasteiger partial charge in [0, 0.05) is 17.5 Å². The highest BCUT2D eigenvalue weighted by atomic mass is 32.1. The molecule has 122 valence electrons. The molecule has 3 heterocycles. The Balaban J connectivity index is 1.64. The Kier molecular flexibility index (Phi) is 5.02. The molecule has 24 heavy (non-hydrogen) atoms. The summed E-state index contributed by atoms with van der Waals surface area (Å²) in [4.78, 5) is 29.1. The number of rotatable bonds is 5. The van der Waals surface area contributed by atoms with Crippen molar-refractivity contribution in [1.82, 2.24) is 4.98 Å². The number of carbonyl (C=O) groups is 2. The molecule has 0 unspecified atom stereocenters. The van der Waals surface area contributed by atoms with Crippen LogP contribution in [0.5, 0.6) is 5.75 Å². The van der Waals surface area contributed by atoms with Gasteiger partial charge in [0.25, 0.3) is 0 Å². The van der Waals surface area contributed by atoms with Crippen LogP contribution in [0.4, 0.5) is 0 Å². The molecule has 0 radical (unpaired) electrons. The summed E-state index contributed by atoms with van der Waals surface area (Å²) < 4.78 is 10.6. The van der Waals surface area contributed by atoms with Crippen molar-refractivity contribution in [2.24, 2.45) is 0 Å². The van der Waals surface area contributed by atoms with E-state index in [2.05, 4.69) is 4.98 Å². The van der Waals surface area contributed by atoms with Crippen LogP contribution >= 0.6 is 22.7 Å². The Morgan fingerprint density at radius 2 is 1.96 bits per heavy atom. The molecule has 0 saturated heterocycles. The van der Waals surface area contributed by atoms with Crippen molar-refractivity contribution in [3.63, 3.8) is 0 Å². The maximum atomic E-state index is 12.2. The summed E-state index contributed by atoms with van der Waals surface area (Å²) in [5.41, 5.74) is 1.69. The maximum absolute atomic E-state index is 12.2. The fourth-order valence-electron chi connectivity index (χ4n) is 1.87. The Bertz CT molecular complexity index is 838. The molecule has 0 N–H and O–H groups in total. The molecule has 0 amide bonds. The van der Waals surface area contributed by atoms with E-state index in [-0.39, 0.29) is 17.2 Å². The number of pyridine rings is 1. The van der Waals surface area contributed by atoms with E-state index in [0.29, 0.717) is 4.88 Å². The number of hydrogen-bond donors (Lipinski definition) is 0. The van der Waals surface area contributed by atoms with Crippen LogP contribution < -0.4 is 4.74 Å². The van der Waals surface area contributed by atoms with Gasteiger partial charge in [0.15, 0.2) is 10.6 Å². The Hall–Kier alpha value is -2.51. The van der Waals surface area contributed by atoms with E-state index in [1.807, 2.05) is 19.1 Å². The number of thiophene rings is 2. The van der Waals surface area contributed by atoms with Gasteiger partial charge in [-0.15, -0.1) is 22.7 Å². The summed E-state index contributed by atoms with van der Waals surface area (Å²) in [5.74, 6) is -0.801. The Morgan fingerprint density at radius 3 is 2.67 bits per heavy atom. The molecule has 0 atom stereocenters. The molecule has 5 nitrogen and oxygen atoms in total. The van der Waals surface area contributed by atoms with Gasteiger partial charge < -0.3 is 9.47 Å². The fraction of sp³-hybridized carbons (Fsp3) is 0.118. The van der Waals surface area contributed by atoms with Crippen LogP contribution in [-0.2, 0) is 11.3 Å². The minimum atomic E-state index is -0.528. The molecule has 0 aromatic carbocycles. The molecule has 3 aromatic heterocycles. The molecule has 0 saturated carbocycles. The van der Waals surface area contributed by atoms with Crippen LogP contribution in [0.3, 0.4) is 0 Å². The lowest BCUT2D eigenvalue weighted by Gasteiger charge is -2.06. The monoisotopic (exact) mass is 359 g/mol. The van der Waals surface area contributed by atoms with Gasteiger partial charge in [-0.3, -0.25) is 4.98 Å². The van der Waals surface area contributed by atoms with Gasteiger partial charge in [-0.1, -0.05) is 12.1 Å². The molecule has 0 spiro atoms. The summed E-state index contributed by atoms with van der Waals surface area (Å²) in [6.07, 6.45) is 1.66. The molecular formula is C17H13NO4S2. The summed E-state index contributed by atoms with van der Waals surface area (Å²) in [6.45, 7) is 2.00. The van der Waals surface area contributed by atoms with Gasteiger partial charge in [0.1, 0.15) is 11.5 Å². The van der Waals surface area contributed by atoms with Gasteiger partial charge >= 0.3 is 11.9 Å². The topological polar surface area (TPSA) is 65.5 Å². The van der Waals surface area contributed by atoms with Crippen molar-refractivity contribution in [3.8, 4) is 5.75 Å². The van der Waals surface area contributed by atoms with Crippen LogP contribution in [0, 0.1) is 6.92 Å². The number of nitrogens with zero attached hydrogens (tertiary/aromatic N) is 1. The molecule has 0 bridgehead atoms. The molecule has 0 aliphatic carbocycles. The highest BCUT2D eigenvalue weighted by Gasteiger charge is 2.19. The van der Waals surface area contributed by atoms with Crippen LogP contribution in [0.1, 0.15) is 30.6 Å². The van der Waals surface area contributed by atoms with Gasteiger partial charge in [0.2, 0.25) is 0 Å². The average molecular weight is 359 g/mol. The smallest absolute Gasteiger partial charge is 0.353 e. The maximum Gasteiger partial charge on any atom is 0.353 e. The Labute approximate surface area is 146 Å². The van der Waals surface area contributed by atoms with E-state index in [4.69, 9.17) is 9.47 Å². The quantitative estimate of drug-likeness (QED) is 0.642. The normalized spacial score (nSPS) is 10.4. The lowest BCUT2D eigenvalue weighted by molar-refractivity contribution is 0.0473. The molecule has 3 rings (SSSR count). The van der Waals surface area contributed by atoms with Gasteiger partial charge in [0.05, 0.1) is 0 Å². The number of aryl methyl sites for hydroxylation is 1. The molecular weight excluding hydrogens is 346 g/mol. The highest BCUT2D eigenvalue weighted by molar-refractivity contribution is 7.12. The summed E-state index contributed by atoms with van der Waals surface area (Å²) in [6, 6.07) is 8.71. The SMILES string of the molecule is Cc1ccc(COC(=O)c2sccc2OC(=O)c2cccs2)cn1. The van der Waals surface area contributed by atoms with Crippen LogP contribution in [0.25, 0.3) is 0 Å². The number of aromatic nitrogens is 1. The number of esters is 2. The Morgan fingerprint density at radius 1 is 1.08 bits per heavy atom. The second-order valence-electron chi connectivity index (χ2n) is 4.86. The van der Waals surface area contributed by atoms with Gasteiger partial charge in [-0.05, 0) is 35.9 Å². The summed E-state index contributed by atoms with van der Waals surface area (Å²) in [5, 5.41) is 3.47. The average Bonchev–Trinajstić information content (AvgIpc) is 3.25. The summed E-state index contributed by atoms with van der Waals surface area (Å²) >= 11 is 2.45. The number of ether oxygens (including phenoxy) is 2. The molecule has 0 fully saturated rings. The minimum Gasteiger partial charge on any atom is -0.456 e. The number of hydrogen-bond acceptors (Lipinski definition) is 7. The van der Waals surface area contributed by atoms with E-state index in [9.17, 15) is 9.59 Å². The van der Waals surface area contributed by atoms with Crippen molar-refractivity contribution in [1.29, 1.82) is 0 Å². The zero-order valence-electron chi connectivity index (χ0n) is 12.7. The second-order valence-corrected chi connectivity index (χ2v) is 6.73. The minimum absolute atomic E-state index is 0.113. The predicted molar refractivity (Wildman–Crippen MR) is 91.7 cm³/mol. The van der Waals surface area contributed by atoms with E-state index in [0.717, 1.165) is 11.3 Å². The highest BCUT2D eigenvalue weighted by Crippen LogP contribution is 2.27. The zero-order chi connectivity index (χ0) is 16.9. The number of carbonyl (C=O) groups excluding carboxylic acids is 2. The van der Waals surface area contributed by atoms with E-state index < -0.39 is 11.9 Å². The zero-order valence-corrected chi connectivity index (χ0v) is 14.4. The third-order valence-electron chi connectivity index (χ3n) is 3.08. The van der Waals surface area contributed by atoms with Crippen LogP contribution in [0.2, 0.25) is 0 Å². The van der Waals surface area contributed by atoms with Crippen molar-refractivity contribution < 1.29 is 19.1 Å².